The molecule has 0 aromatic heterocycles. The molecule has 2 aromatic carbocycles. The van der Waals surface area contributed by atoms with Gasteiger partial charge < -0.3 is 10.5 Å². The standard InChI is InChI=1S/C15H11ClF4N2O2/c1-24-13-5-2-8(15(18,19)20)6-12(13)22(14(21)23)9-3-4-11(17)10(16)7-9/h2-7H,1H3,(H2,21,23). The van der Waals surface area contributed by atoms with E-state index in [2.05, 4.69) is 0 Å². The number of hydrogen-bond donors (Lipinski definition) is 1. The normalized spacial score (nSPS) is 11.2. The quantitative estimate of drug-likeness (QED) is 0.803. The largest absolute Gasteiger partial charge is 0.495 e. The van der Waals surface area contributed by atoms with Crippen molar-refractivity contribution >= 4 is 29.0 Å². The highest BCUT2D eigenvalue weighted by atomic mass is 35.5. The van der Waals surface area contributed by atoms with Gasteiger partial charge in [-0.2, -0.15) is 13.2 Å². The van der Waals surface area contributed by atoms with Gasteiger partial charge in [0, 0.05) is 0 Å². The molecule has 0 atom stereocenters. The number of halogens is 5. The lowest BCUT2D eigenvalue weighted by Gasteiger charge is -2.24. The summed E-state index contributed by atoms with van der Waals surface area (Å²) in [6.07, 6.45) is -4.63. The molecule has 2 amide bonds. The number of carbonyl (C=O) groups excluding carboxylic acids is 1. The van der Waals surface area contributed by atoms with Crippen LogP contribution in [0.4, 0.5) is 33.7 Å². The fourth-order valence-corrected chi connectivity index (χ4v) is 2.23. The molecule has 0 bridgehead atoms. The fourth-order valence-electron chi connectivity index (χ4n) is 2.05. The van der Waals surface area contributed by atoms with E-state index in [1.54, 1.807) is 0 Å². The summed E-state index contributed by atoms with van der Waals surface area (Å²) in [5.41, 5.74) is 4.03. The fraction of sp³-hybridized carbons (Fsp3) is 0.133. The number of benzene rings is 2. The SMILES string of the molecule is COc1ccc(C(F)(F)F)cc1N(C(N)=O)c1ccc(F)c(Cl)c1. The summed E-state index contributed by atoms with van der Waals surface area (Å²) in [6, 6.07) is 4.68. The number of nitrogens with two attached hydrogens (primary N) is 1. The Morgan fingerprint density at radius 1 is 1.21 bits per heavy atom. The second kappa shape index (κ2) is 6.56. The highest BCUT2D eigenvalue weighted by molar-refractivity contribution is 6.31. The number of alkyl halides is 3. The highest BCUT2D eigenvalue weighted by Crippen LogP contribution is 2.39. The zero-order chi connectivity index (χ0) is 18.1. The predicted molar refractivity (Wildman–Crippen MR) is 81.1 cm³/mol. The van der Waals surface area contributed by atoms with Crippen molar-refractivity contribution in [1.29, 1.82) is 0 Å². The van der Waals surface area contributed by atoms with Gasteiger partial charge in [0.2, 0.25) is 0 Å². The molecule has 0 saturated heterocycles. The average Bonchev–Trinajstić information content (AvgIpc) is 2.49. The molecular formula is C15H11ClF4N2O2. The molecule has 0 spiro atoms. The molecule has 0 radical (unpaired) electrons. The van der Waals surface area contributed by atoms with Crippen LogP contribution in [-0.4, -0.2) is 13.1 Å². The molecule has 2 rings (SSSR count). The van der Waals surface area contributed by atoms with E-state index in [4.69, 9.17) is 22.1 Å². The molecule has 0 aliphatic rings. The van der Waals surface area contributed by atoms with Gasteiger partial charge in [0.1, 0.15) is 11.6 Å². The maximum atomic E-state index is 13.3. The van der Waals surface area contributed by atoms with E-state index in [1.807, 2.05) is 0 Å². The minimum atomic E-state index is -4.63. The van der Waals surface area contributed by atoms with Crippen molar-refractivity contribution in [3.05, 3.63) is 52.8 Å². The lowest BCUT2D eigenvalue weighted by Crippen LogP contribution is -2.32. The number of ether oxygens (including phenoxy) is 1. The lowest BCUT2D eigenvalue weighted by molar-refractivity contribution is -0.137. The van der Waals surface area contributed by atoms with Crippen LogP contribution in [0, 0.1) is 5.82 Å². The monoisotopic (exact) mass is 362 g/mol. The minimum absolute atomic E-state index is 0.00785. The summed E-state index contributed by atoms with van der Waals surface area (Å²) in [4.78, 5) is 12.5. The summed E-state index contributed by atoms with van der Waals surface area (Å²) >= 11 is 5.66. The van der Waals surface area contributed by atoms with Gasteiger partial charge in [0.15, 0.2) is 0 Å². The molecular weight excluding hydrogens is 352 g/mol. The molecule has 2 aromatic rings. The smallest absolute Gasteiger partial charge is 0.416 e. The average molecular weight is 363 g/mol. The van der Waals surface area contributed by atoms with Gasteiger partial charge in [-0.25, -0.2) is 9.18 Å². The van der Waals surface area contributed by atoms with Gasteiger partial charge >= 0.3 is 12.2 Å². The van der Waals surface area contributed by atoms with Crippen LogP contribution < -0.4 is 15.4 Å². The van der Waals surface area contributed by atoms with E-state index in [0.29, 0.717) is 6.07 Å². The molecule has 128 valence electrons. The van der Waals surface area contributed by atoms with E-state index in [9.17, 15) is 22.4 Å². The maximum Gasteiger partial charge on any atom is 0.416 e. The molecule has 0 unspecified atom stereocenters. The first-order valence-corrected chi connectivity index (χ1v) is 6.82. The summed E-state index contributed by atoms with van der Waals surface area (Å²) in [7, 11) is 1.23. The Balaban J connectivity index is 2.66. The van der Waals surface area contributed by atoms with E-state index >= 15 is 0 Å². The number of primary amides is 1. The van der Waals surface area contributed by atoms with Crippen molar-refractivity contribution in [2.24, 2.45) is 5.73 Å². The zero-order valence-electron chi connectivity index (χ0n) is 12.2. The molecule has 0 aliphatic heterocycles. The second-order valence-electron chi connectivity index (χ2n) is 4.66. The number of nitrogens with zero attached hydrogens (tertiary/aromatic N) is 1. The maximum absolute atomic E-state index is 13.3. The van der Waals surface area contributed by atoms with E-state index in [0.717, 1.165) is 35.2 Å². The number of rotatable bonds is 3. The van der Waals surface area contributed by atoms with Crippen molar-refractivity contribution in [3.63, 3.8) is 0 Å². The molecule has 0 heterocycles. The highest BCUT2D eigenvalue weighted by Gasteiger charge is 2.32. The summed E-state index contributed by atoms with van der Waals surface area (Å²) in [5, 5.41) is -0.315. The Bertz CT molecular complexity index is 781. The zero-order valence-corrected chi connectivity index (χ0v) is 13.0. The van der Waals surface area contributed by atoms with E-state index in [-0.39, 0.29) is 22.1 Å². The van der Waals surface area contributed by atoms with Crippen LogP contribution in [0.5, 0.6) is 5.75 Å². The first-order chi connectivity index (χ1) is 11.1. The molecule has 2 N–H and O–H groups in total. The van der Waals surface area contributed by atoms with Crippen LogP contribution in [0.15, 0.2) is 36.4 Å². The van der Waals surface area contributed by atoms with Crippen molar-refractivity contribution in [1.82, 2.24) is 0 Å². The van der Waals surface area contributed by atoms with Crippen LogP contribution in [0.25, 0.3) is 0 Å². The molecule has 4 nitrogen and oxygen atoms in total. The number of hydrogen-bond acceptors (Lipinski definition) is 2. The van der Waals surface area contributed by atoms with Gasteiger partial charge in [-0.1, -0.05) is 11.6 Å². The molecule has 0 aliphatic carbocycles. The predicted octanol–water partition coefficient (Wildman–Crippen LogP) is 4.72. The van der Waals surface area contributed by atoms with Gasteiger partial charge in [0.05, 0.1) is 29.1 Å². The number of methoxy groups -OCH3 is 1. The van der Waals surface area contributed by atoms with Crippen molar-refractivity contribution < 1.29 is 27.1 Å². The number of anilines is 2. The Morgan fingerprint density at radius 2 is 1.88 bits per heavy atom. The minimum Gasteiger partial charge on any atom is -0.495 e. The van der Waals surface area contributed by atoms with Crippen LogP contribution >= 0.6 is 11.6 Å². The third-order valence-electron chi connectivity index (χ3n) is 3.13. The van der Waals surface area contributed by atoms with Gasteiger partial charge in [0.25, 0.3) is 0 Å². The van der Waals surface area contributed by atoms with E-state index in [1.165, 1.54) is 7.11 Å². The molecule has 0 fully saturated rings. The number of urea groups is 1. The lowest BCUT2D eigenvalue weighted by atomic mass is 10.1. The molecule has 24 heavy (non-hydrogen) atoms. The topological polar surface area (TPSA) is 55.6 Å². The third kappa shape index (κ3) is 3.53. The Kier molecular flexibility index (Phi) is 4.88. The first-order valence-electron chi connectivity index (χ1n) is 6.45. The van der Waals surface area contributed by atoms with Crippen LogP contribution in [-0.2, 0) is 6.18 Å². The summed E-state index contributed by atoms with van der Waals surface area (Å²) in [5.74, 6) is -0.775. The van der Waals surface area contributed by atoms with Crippen LogP contribution in [0.2, 0.25) is 5.02 Å². The third-order valence-corrected chi connectivity index (χ3v) is 3.42. The van der Waals surface area contributed by atoms with Gasteiger partial charge in [-0.3, -0.25) is 4.90 Å². The summed E-state index contributed by atoms with van der Waals surface area (Å²) in [6.45, 7) is 0. The van der Waals surface area contributed by atoms with Crippen molar-refractivity contribution in [2.75, 3.05) is 12.0 Å². The molecule has 9 heteroatoms. The Morgan fingerprint density at radius 3 is 2.38 bits per heavy atom. The van der Waals surface area contributed by atoms with Crippen molar-refractivity contribution in [2.45, 2.75) is 6.18 Å². The second-order valence-corrected chi connectivity index (χ2v) is 5.06. The van der Waals surface area contributed by atoms with Crippen LogP contribution in [0.3, 0.4) is 0 Å². The van der Waals surface area contributed by atoms with Crippen LogP contribution in [0.1, 0.15) is 5.56 Å². The number of carbonyl (C=O) groups is 1. The summed E-state index contributed by atoms with van der Waals surface area (Å²) < 4.78 is 57.1. The Hall–Kier alpha value is -2.48. The first kappa shape index (κ1) is 17.9. The Labute approximate surface area is 139 Å². The van der Waals surface area contributed by atoms with Gasteiger partial charge in [-0.15, -0.1) is 0 Å². The number of amides is 2. The van der Waals surface area contributed by atoms with E-state index < -0.39 is 23.6 Å². The van der Waals surface area contributed by atoms with Gasteiger partial charge in [-0.05, 0) is 36.4 Å². The van der Waals surface area contributed by atoms with Crippen molar-refractivity contribution in [3.8, 4) is 5.75 Å². The molecule has 0 saturated carbocycles.